The van der Waals surface area contributed by atoms with E-state index in [-0.39, 0.29) is 0 Å². The fourth-order valence-electron chi connectivity index (χ4n) is 4.12. The van der Waals surface area contributed by atoms with E-state index in [1.54, 1.807) is 11.3 Å². The molecule has 1 aliphatic heterocycles. The zero-order chi connectivity index (χ0) is 24.9. The van der Waals surface area contributed by atoms with Crippen LogP contribution < -0.4 is 14.4 Å². The molecule has 0 atom stereocenters. The number of benzene rings is 2. The van der Waals surface area contributed by atoms with Gasteiger partial charge in [0.15, 0.2) is 11.5 Å². The van der Waals surface area contributed by atoms with Crippen molar-refractivity contribution in [2.45, 2.75) is 13.8 Å². The SMILES string of the molecule is C=C/C=C(\C=C/C)N(c1ccccc1)c1ccc(-c2sc(-c3cnc(C)nc3)c3c2OCCO3)cc1. The third-order valence-corrected chi connectivity index (χ3v) is 6.98. The summed E-state index contributed by atoms with van der Waals surface area (Å²) in [5.74, 6) is 2.30. The molecule has 0 bridgehead atoms. The van der Waals surface area contributed by atoms with Crippen molar-refractivity contribution in [3.8, 4) is 32.4 Å². The topological polar surface area (TPSA) is 47.5 Å². The van der Waals surface area contributed by atoms with Crippen molar-refractivity contribution in [2.24, 2.45) is 0 Å². The number of anilines is 2. The monoisotopic (exact) mass is 493 g/mol. The number of allylic oxidation sites excluding steroid dienone is 4. The number of nitrogens with zero attached hydrogens (tertiary/aromatic N) is 3. The predicted octanol–water partition coefficient (Wildman–Crippen LogP) is 7.74. The molecule has 5 nitrogen and oxygen atoms in total. The smallest absolute Gasteiger partial charge is 0.180 e. The Morgan fingerprint density at radius 3 is 2.11 bits per heavy atom. The van der Waals surface area contributed by atoms with Crippen LogP contribution in [0.5, 0.6) is 11.5 Å². The predicted molar refractivity (Wildman–Crippen MR) is 148 cm³/mol. The Hall–Kier alpha value is -4.16. The fourth-order valence-corrected chi connectivity index (χ4v) is 5.29. The summed E-state index contributed by atoms with van der Waals surface area (Å²) in [5, 5.41) is 0. The van der Waals surface area contributed by atoms with Crippen LogP contribution in [0.4, 0.5) is 11.4 Å². The number of aryl methyl sites for hydroxylation is 1. The lowest BCUT2D eigenvalue weighted by Gasteiger charge is -2.26. The molecule has 3 heterocycles. The molecule has 0 aliphatic carbocycles. The molecule has 1 aliphatic rings. The first-order chi connectivity index (χ1) is 17.7. The lowest BCUT2D eigenvalue weighted by atomic mass is 10.1. The normalized spacial score (nSPS) is 13.1. The average Bonchev–Trinajstić information content (AvgIpc) is 3.30. The van der Waals surface area contributed by atoms with Crippen LogP contribution in [-0.2, 0) is 0 Å². The van der Waals surface area contributed by atoms with Gasteiger partial charge in [-0.25, -0.2) is 9.97 Å². The van der Waals surface area contributed by atoms with Crippen molar-refractivity contribution in [1.29, 1.82) is 0 Å². The van der Waals surface area contributed by atoms with Crippen LogP contribution in [0.3, 0.4) is 0 Å². The second-order valence-electron chi connectivity index (χ2n) is 8.18. The van der Waals surface area contributed by atoms with E-state index in [9.17, 15) is 0 Å². The van der Waals surface area contributed by atoms with E-state index in [4.69, 9.17) is 9.47 Å². The Balaban J connectivity index is 1.57. The molecule has 2 aromatic carbocycles. The highest BCUT2D eigenvalue weighted by Gasteiger charge is 2.26. The number of hydrogen-bond donors (Lipinski definition) is 0. The van der Waals surface area contributed by atoms with Crippen LogP contribution in [-0.4, -0.2) is 23.2 Å². The highest BCUT2D eigenvalue weighted by atomic mass is 32.1. The lowest BCUT2D eigenvalue weighted by molar-refractivity contribution is 0.175. The van der Waals surface area contributed by atoms with Gasteiger partial charge in [-0.1, -0.05) is 49.1 Å². The molecule has 4 aromatic rings. The molecular formula is C30H27N3O2S. The average molecular weight is 494 g/mol. The van der Waals surface area contributed by atoms with E-state index in [2.05, 4.69) is 63.9 Å². The van der Waals surface area contributed by atoms with E-state index < -0.39 is 0 Å². The van der Waals surface area contributed by atoms with Crippen molar-refractivity contribution in [1.82, 2.24) is 9.97 Å². The van der Waals surface area contributed by atoms with E-state index in [1.807, 2.05) is 62.7 Å². The molecule has 0 unspecified atom stereocenters. The fraction of sp³-hybridized carbons (Fsp3) is 0.133. The molecule has 5 rings (SSSR count). The minimum atomic E-state index is 0.525. The maximum atomic E-state index is 6.09. The van der Waals surface area contributed by atoms with E-state index in [0.29, 0.717) is 13.2 Å². The standard InChI is InChI=1S/C30H27N3O2S/c1-4-9-24(10-5-2)33(25-11-7-6-8-12-25)26-15-13-22(14-16-26)29-27-28(35-18-17-34-27)30(36-29)23-19-31-21(3)32-20-23/h4-16,19-20H,1,17-18H2,2-3H3/b10-5-,24-9+. The third kappa shape index (κ3) is 4.68. The number of fused-ring (bicyclic) bond motifs is 1. The molecular weight excluding hydrogens is 466 g/mol. The summed E-state index contributed by atoms with van der Waals surface area (Å²) in [5.41, 5.74) is 5.14. The number of para-hydroxylation sites is 1. The summed E-state index contributed by atoms with van der Waals surface area (Å²) in [6.07, 6.45) is 11.6. The highest BCUT2D eigenvalue weighted by molar-refractivity contribution is 7.19. The van der Waals surface area contributed by atoms with Crippen LogP contribution in [0.15, 0.2) is 104 Å². The molecule has 0 fully saturated rings. The molecule has 0 saturated heterocycles. The minimum Gasteiger partial charge on any atom is -0.485 e. The van der Waals surface area contributed by atoms with Crippen molar-refractivity contribution < 1.29 is 9.47 Å². The first-order valence-corrected chi connectivity index (χ1v) is 12.6. The van der Waals surface area contributed by atoms with Crippen molar-refractivity contribution in [2.75, 3.05) is 18.1 Å². The van der Waals surface area contributed by atoms with Gasteiger partial charge in [-0.15, -0.1) is 11.3 Å². The van der Waals surface area contributed by atoms with Crippen LogP contribution in [0.1, 0.15) is 12.7 Å². The molecule has 0 N–H and O–H groups in total. The largest absolute Gasteiger partial charge is 0.485 e. The lowest BCUT2D eigenvalue weighted by Crippen LogP contribution is -2.15. The molecule has 0 spiro atoms. The highest BCUT2D eigenvalue weighted by Crippen LogP contribution is 2.53. The van der Waals surface area contributed by atoms with Crippen LogP contribution >= 0.6 is 11.3 Å². The maximum Gasteiger partial charge on any atom is 0.180 e. The number of ether oxygens (including phenoxy) is 2. The first-order valence-electron chi connectivity index (χ1n) is 11.8. The van der Waals surface area contributed by atoms with Gasteiger partial charge in [0.05, 0.1) is 9.75 Å². The Morgan fingerprint density at radius 2 is 1.50 bits per heavy atom. The maximum absolute atomic E-state index is 6.09. The van der Waals surface area contributed by atoms with Crippen LogP contribution in [0.25, 0.3) is 20.9 Å². The molecule has 180 valence electrons. The number of rotatable bonds is 7. The second kappa shape index (κ2) is 10.6. The molecule has 2 aromatic heterocycles. The third-order valence-electron chi connectivity index (χ3n) is 5.73. The van der Waals surface area contributed by atoms with Crippen molar-refractivity contribution in [3.05, 3.63) is 109 Å². The minimum absolute atomic E-state index is 0.525. The van der Waals surface area contributed by atoms with E-state index in [0.717, 1.165) is 55.3 Å². The summed E-state index contributed by atoms with van der Waals surface area (Å²) in [7, 11) is 0. The number of aromatic nitrogens is 2. The van der Waals surface area contributed by atoms with Crippen LogP contribution in [0, 0.1) is 6.92 Å². The zero-order valence-electron chi connectivity index (χ0n) is 20.3. The van der Waals surface area contributed by atoms with Gasteiger partial charge in [0.25, 0.3) is 0 Å². The van der Waals surface area contributed by atoms with Gasteiger partial charge >= 0.3 is 0 Å². The molecule has 0 amide bonds. The molecule has 6 heteroatoms. The van der Waals surface area contributed by atoms with E-state index >= 15 is 0 Å². The number of hydrogen-bond acceptors (Lipinski definition) is 6. The van der Waals surface area contributed by atoms with Crippen LogP contribution in [0.2, 0.25) is 0 Å². The van der Waals surface area contributed by atoms with Gasteiger partial charge in [0.1, 0.15) is 19.0 Å². The van der Waals surface area contributed by atoms with Crippen molar-refractivity contribution in [3.63, 3.8) is 0 Å². The Morgan fingerprint density at radius 1 is 0.889 bits per heavy atom. The zero-order valence-corrected chi connectivity index (χ0v) is 21.2. The quantitative estimate of drug-likeness (QED) is 0.247. The summed E-state index contributed by atoms with van der Waals surface area (Å²) in [6.45, 7) is 8.86. The van der Waals surface area contributed by atoms with Gasteiger partial charge < -0.3 is 14.4 Å². The second-order valence-corrected chi connectivity index (χ2v) is 9.20. The van der Waals surface area contributed by atoms with Gasteiger partial charge in [-0.3, -0.25) is 0 Å². The summed E-state index contributed by atoms with van der Waals surface area (Å²) in [4.78, 5) is 13.0. The van der Waals surface area contributed by atoms with E-state index in [1.165, 1.54) is 0 Å². The van der Waals surface area contributed by atoms with Gasteiger partial charge in [0.2, 0.25) is 0 Å². The summed E-state index contributed by atoms with van der Waals surface area (Å²) >= 11 is 1.64. The first kappa shape index (κ1) is 23.6. The van der Waals surface area contributed by atoms with Crippen molar-refractivity contribution >= 4 is 22.7 Å². The molecule has 0 radical (unpaired) electrons. The Labute approximate surface area is 215 Å². The summed E-state index contributed by atoms with van der Waals surface area (Å²) in [6, 6.07) is 18.8. The summed E-state index contributed by atoms with van der Waals surface area (Å²) < 4.78 is 12.1. The Bertz CT molecular complexity index is 1410. The van der Waals surface area contributed by atoms with Gasteiger partial charge in [-0.2, -0.15) is 0 Å². The molecule has 36 heavy (non-hydrogen) atoms. The Kier molecular flexibility index (Phi) is 6.96. The molecule has 0 saturated carbocycles. The number of thiophene rings is 1. The van der Waals surface area contributed by atoms with Gasteiger partial charge in [-0.05, 0) is 55.8 Å². The van der Waals surface area contributed by atoms with Gasteiger partial charge in [0, 0.05) is 35.0 Å².